The Hall–Kier alpha value is -1.41. The molecule has 2 aliphatic rings. The van der Waals surface area contributed by atoms with Gasteiger partial charge in [-0.1, -0.05) is 6.07 Å². The van der Waals surface area contributed by atoms with E-state index in [0.29, 0.717) is 11.8 Å². The van der Waals surface area contributed by atoms with E-state index < -0.39 is 0 Å². The summed E-state index contributed by atoms with van der Waals surface area (Å²) in [5, 5.41) is 14.5. The fraction of sp³-hybridized carbons (Fsp3) is 0.625. The molecule has 3 rings (SSSR count). The number of nitro groups is 1. The summed E-state index contributed by atoms with van der Waals surface area (Å²) >= 11 is 0. The second-order valence-electron chi connectivity index (χ2n) is 6.22. The van der Waals surface area contributed by atoms with Gasteiger partial charge in [0.15, 0.2) is 5.75 Å². The summed E-state index contributed by atoms with van der Waals surface area (Å²) in [7, 11) is 1.46. The Morgan fingerprint density at radius 2 is 2.08 bits per heavy atom. The Morgan fingerprint density at radius 3 is 2.67 bits per heavy atom. The SMILES string of the molecule is COc1ccc(CN2CCN(C3CCNC3)CC2)cc1[N+](=O)[O-].Cl. The number of rotatable bonds is 5. The van der Waals surface area contributed by atoms with Gasteiger partial charge in [0.2, 0.25) is 0 Å². The van der Waals surface area contributed by atoms with Crippen molar-refractivity contribution in [1.29, 1.82) is 0 Å². The number of ether oxygens (including phenoxy) is 1. The second-order valence-corrected chi connectivity index (χ2v) is 6.22. The predicted molar refractivity (Wildman–Crippen MR) is 95.0 cm³/mol. The first-order valence-corrected chi connectivity index (χ1v) is 8.16. The Labute approximate surface area is 148 Å². The van der Waals surface area contributed by atoms with Crippen LogP contribution >= 0.6 is 12.4 Å². The molecule has 0 radical (unpaired) electrons. The first-order chi connectivity index (χ1) is 11.2. The summed E-state index contributed by atoms with van der Waals surface area (Å²) in [6.07, 6.45) is 1.24. The van der Waals surface area contributed by atoms with Crippen molar-refractivity contribution in [3.63, 3.8) is 0 Å². The summed E-state index contributed by atoms with van der Waals surface area (Å²) in [5.74, 6) is 0.317. The van der Waals surface area contributed by atoms with Gasteiger partial charge in [0.05, 0.1) is 12.0 Å². The smallest absolute Gasteiger partial charge is 0.311 e. The van der Waals surface area contributed by atoms with Gasteiger partial charge in [-0.05, 0) is 24.6 Å². The number of hydrogen-bond donors (Lipinski definition) is 1. The number of halogens is 1. The third-order valence-electron chi connectivity index (χ3n) is 4.80. The minimum atomic E-state index is -0.382. The fourth-order valence-corrected chi connectivity index (χ4v) is 3.47. The average Bonchev–Trinajstić information content (AvgIpc) is 3.10. The van der Waals surface area contributed by atoms with Crippen molar-refractivity contribution in [3.8, 4) is 5.75 Å². The van der Waals surface area contributed by atoms with Crippen molar-refractivity contribution in [2.75, 3.05) is 46.4 Å². The highest BCUT2D eigenvalue weighted by atomic mass is 35.5. The highest BCUT2D eigenvalue weighted by molar-refractivity contribution is 5.85. The largest absolute Gasteiger partial charge is 0.490 e. The molecule has 1 N–H and O–H groups in total. The van der Waals surface area contributed by atoms with Crippen molar-refractivity contribution in [2.24, 2.45) is 0 Å². The molecule has 2 fully saturated rings. The zero-order valence-corrected chi connectivity index (χ0v) is 14.8. The molecular formula is C16H25ClN4O3. The van der Waals surface area contributed by atoms with Crippen molar-refractivity contribution in [3.05, 3.63) is 33.9 Å². The van der Waals surface area contributed by atoms with Gasteiger partial charge in [-0.25, -0.2) is 0 Å². The van der Waals surface area contributed by atoms with E-state index >= 15 is 0 Å². The van der Waals surface area contributed by atoms with E-state index in [-0.39, 0.29) is 23.0 Å². The topological polar surface area (TPSA) is 70.9 Å². The van der Waals surface area contributed by atoms with Gasteiger partial charge >= 0.3 is 5.69 Å². The third-order valence-corrected chi connectivity index (χ3v) is 4.80. The molecule has 1 unspecified atom stereocenters. The molecule has 0 amide bonds. The molecule has 2 aliphatic heterocycles. The third kappa shape index (κ3) is 4.36. The van der Waals surface area contributed by atoms with E-state index in [1.54, 1.807) is 12.1 Å². The number of hydrogen-bond acceptors (Lipinski definition) is 6. The van der Waals surface area contributed by atoms with Gasteiger partial charge in [-0.3, -0.25) is 19.9 Å². The van der Waals surface area contributed by atoms with Crippen LogP contribution in [0, 0.1) is 10.1 Å². The van der Waals surface area contributed by atoms with Gasteiger partial charge in [-0.2, -0.15) is 0 Å². The summed E-state index contributed by atoms with van der Waals surface area (Å²) in [6, 6.07) is 5.92. The monoisotopic (exact) mass is 356 g/mol. The minimum absolute atomic E-state index is 0. The molecule has 1 aromatic carbocycles. The van der Waals surface area contributed by atoms with Gasteiger partial charge in [0.1, 0.15) is 0 Å². The maximum Gasteiger partial charge on any atom is 0.311 e. The molecule has 0 aliphatic carbocycles. The highest BCUT2D eigenvalue weighted by Crippen LogP contribution is 2.28. The van der Waals surface area contributed by atoms with Crippen molar-refractivity contribution < 1.29 is 9.66 Å². The molecule has 0 saturated carbocycles. The van der Waals surface area contributed by atoms with Crippen LogP contribution in [0.3, 0.4) is 0 Å². The van der Waals surface area contributed by atoms with E-state index in [9.17, 15) is 10.1 Å². The molecule has 2 heterocycles. The molecule has 7 nitrogen and oxygen atoms in total. The molecule has 8 heteroatoms. The molecule has 2 saturated heterocycles. The van der Waals surface area contributed by atoms with E-state index in [4.69, 9.17) is 4.74 Å². The zero-order valence-electron chi connectivity index (χ0n) is 13.9. The standard InChI is InChI=1S/C16H24N4O3.ClH/c1-23-16-3-2-13(10-15(16)20(21)22)12-18-6-8-19(9-7-18)14-4-5-17-11-14;/h2-3,10,14,17H,4-9,11-12H2,1H3;1H. The molecule has 0 spiro atoms. The average molecular weight is 357 g/mol. The lowest BCUT2D eigenvalue weighted by Gasteiger charge is -2.37. The first-order valence-electron chi connectivity index (χ1n) is 8.16. The van der Waals surface area contributed by atoms with Crippen LogP contribution < -0.4 is 10.1 Å². The van der Waals surface area contributed by atoms with Crippen LogP contribution in [0.5, 0.6) is 5.75 Å². The fourth-order valence-electron chi connectivity index (χ4n) is 3.47. The Morgan fingerprint density at radius 1 is 1.33 bits per heavy atom. The Balaban J connectivity index is 0.00000208. The van der Waals surface area contributed by atoms with Crippen LogP contribution in [-0.4, -0.2) is 67.1 Å². The lowest BCUT2D eigenvalue weighted by molar-refractivity contribution is -0.385. The summed E-state index contributed by atoms with van der Waals surface area (Å²) in [6.45, 7) is 7.15. The van der Waals surface area contributed by atoms with Gasteiger partial charge in [0.25, 0.3) is 0 Å². The molecular weight excluding hydrogens is 332 g/mol. The van der Waals surface area contributed by atoms with E-state index in [2.05, 4.69) is 15.1 Å². The van der Waals surface area contributed by atoms with Crippen molar-refractivity contribution in [2.45, 2.75) is 19.0 Å². The molecule has 24 heavy (non-hydrogen) atoms. The number of nitrogens with one attached hydrogen (secondary N) is 1. The predicted octanol–water partition coefficient (Wildman–Crippen LogP) is 1.50. The van der Waals surface area contributed by atoms with Gasteiger partial charge in [-0.15, -0.1) is 12.4 Å². The minimum Gasteiger partial charge on any atom is -0.490 e. The molecule has 1 atom stereocenters. The van der Waals surface area contributed by atoms with E-state index in [0.717, 1.165) is 51.4 Å². The van der Waals surface area contributed by atoms with Gasteiger partial charge < -0.3 is 10.1 Å². The summed E-state index contributed by atoms with van der Waals surface area (Å²) in [4.78, 5) is 15.7. The number of benzene rings is 1. The Kier molecular flexibility index (Phi) is 6.79. The summed E-state index contributed by atoms with van der Waals surface area (Å²) < 4.78 is 5.05. The Bertz CT molecular complexity index is 558. The number of methoxy groups -OCH3 is 1. The quantitative estimate of drug-likeness (QED) is 0.637. The summed E-state index contributed by atoms with van der Waals surface area (Å²) in [5.41, 5.74) is 1.01. The van der Waals surface area contributed by atoms with Crippen LogP contribution in [-0.2, 0) is 6.54 Å². The molecule has 134 valence electrons. The lowest BCUT2D eigenvalue weighted by Crippen LogP contribution is -2.50. The van der Waals surface area contributed by atoms with Crippen LogP contribution in [0.4, 0.5) is 5.69 Å². The normalized spacial score (nSPS) is 22.1. The number of piperazine rings is 1. The second kappa shape index (κ2) is 8.62. The molecule has 0 bridgehead atoms. The number of nitro benzene ring substituents is 1. The highest BCUT2D eigenvalue weighted by Gasteiger charge is 2.26. The number of nitrogens with zero attached hydrogens (tertiary/aromatic N) is 3. The van der Waals surface area contributed by atoms with E-state index in [1.165, 1.54) is 13.5 Å². The molecule has 1 aromatic rings. The van der Waals surface area contributed by atoms with Crippen molar-refractivity contribution in [1.82, 2.24) is 15.1 Å². The molecule has 0 aromatic heterocycles. The van der Waals surface area contributed by atoms with Crippen LogP contribution in [0.1, 0.15) is 12.0 Å². The van der Waals surface area contributed by atoms with Crippen LogP contribution in [0.2, 0.25) is 0 Å². The van der Waals surface area contributed by atoms with Crippen LogP contribution in [0.25, 0.3) is 0 Å². The van der Waals surface area contributed by atoms with E-state index in [1.807, 2.05) is 6.07 Å². The van der Waals surface area contributed by atoms with Crippen LogP contribution in [0.15, 0.2) is 18.2 Å². The maximum absolute atomic E-state index is 11.1. The van der Waals surface area contributed by atoms with Gasteiger partial charge in [0, 0.05) is 51.4 Å². The maximum atomic E-state index is 11.1. The zero-order chi connectivity index (χ0) is 16.2. The van der Waals surface area contributed by atoms with Crippen molar-refractivity contribution >= 4 is 18.1 Å². The first kappa shape index (κ1) is 18.9. The lowest BCUT2D eigenvalue weighted by atomic mass is 10.1.